The minimum atomic E-state index is -0.179. The topological polar surface area (TPSA) is 63.2 Å². The van der Waals surface area contributed by atoms with Gasteiger partial charge in [-0.05, 0) is 18.6 Å². The fourth-order valence-electron chi connectivity index (χ4n) is 1.29. The van der Waals surface area contributed by atoms with Crippen LogP contribution in [0.2, 0.25) is 0 Å². The van der Waals surface area contributed by atoms with E-state index in [-0.39, 0.29) is 5.91 Å². The van der Waals surface area contributed by atoms with Crippen LogP contribution < -0.4 is 10.6 Å². The van der Waals surface area contributed by atoms with Crippen LogP contribution in [0.5, 0.6) is 0 Å². The van der Waals surface area contributed by atoms with Gasteiger partial charge in [-0.3, -0.25) is 9.78 Å². The lowest BCUT2D eigenvalue weighted by molar-refractivity contribution is 0.0932. The molecule has 0 unspecified atom stereocenters. The maximum absolute atomic E-state index is 11.7. The van der Waals surface area contributed by atoms with Gasteiger partial charge in [0.1, 0.15) is 5.69 Å². The molecule has 0 aliphatic rings. The van der Waals surface area contributed by atoms with Gasteiger partial charge in [0.05, 0.1) is 6.61 Å². The number of carbonyl (C=O) groups is 1. The highest BCUT2D eigenvalue weighted by Crippen LogP contribution is 2.07. The highest BCUT2D eigenvalue weighted by molar-refractivity contribution is 5.93. The van der Waals surface area contributed by atoms with Crippen molar-refractivity contribution in [2.75, 3.05) is 32.1 Å². The largest absolute Gasteiger partial charge is 0.385 e. The summed E-state index contributed by atoms with van der Waals surface area (Å²) < 4.78 is 4.86. The number of amides is 1. The molecule has 0 radical (unpaired) electrons. The summed E-state index contributed by atoms with van der Waals surface area (Å²) in [6.45, 7) is 3.96. The minimum absolute atomic E-state index is 0.179. The zero-order valence-electron chi connectivity index (χ0n) is 10.3. The zero-order valence-corrected chi connectivity index (χ0v) is 10.3. The summed E-state index contributed by atoms with van der Waals surface area (Å²) in [5.74, 6) is -0.179. The summed E-state index contributed by atoms with van der Waals surface area (Å²) >= 11 is 0. The molecular formula is C12H19N3O2. The van der Waals surface area contributed by atoms with E-state index in [4.69, 9.17) is 4.74 Å². The van der Waals surface area contributed by atoms with E-state index in [0.29, 0.717) is 18.8 Å². The minimum Gasteiger partial charge on any atom is -0.385 e. The van der Waals surface area contributed by atoms with Gasteiger partial charge in [-0.15, -0.1) is 0 Å². The summed E-state index contributed by atoms with van der Waals surface area (Å²) in [7, 11) is 1.60. The molecule has 1 heterocycles. The third-order valence-electron chi connectivity index (χ3n) is 2.16. The Morgan fingerprint density at radius 2 is 2.29 bits per heavy atom. The average molecular weight is 237 g/mol. The van der Waals surface area contributed by atoms with E-state index in [1.807, 2.05) is 6.07 Å². The van der Waals surface area contributed by atoms with Gasteiger partial charge in [0.15, 0.2) is 0 Å². The Morgan fingerprint density at radius 1 is 1.47 bits per heavy atom. The fraction of sp³-hybridized carbons (Fsp3) is 0.500. The molecule has 5 heteroatoms. The van der Waals surface area contributed by atoms with Crippen LogP contribution in [0, 0.1) is 0 Å². The second-order valence-electron chi connectivity index (χ2n) is 3.61. The molecule has 0 aromatic carbocycles. The molecule has 1 rings (SSSR count). The third kappa shape index (κ3) is 4.82. The van der Waals surface area contributed by atoms with E-state index in [9.17, 15) is 4.79 Å². The number of nitrogens with one attached hydrogen (secondary N) is 2. The van der Waals surface area contributed by atoms with Gasteiger partial charge >= 0.3 is 0 Å². The van der Waals surface area contributed by atoms with Crippen LogP contribution in [0.15, 0.2) is 18.3 Å². The molecule has 1 amide bonds. The van der Waals surface area contributed by atoms with Crippen molar-refractivity contribution >= 4 is 11.6 Å². The van der Waals surface area contributed by atoms with E-state index in [2.05, 4.69) is 22.5 Å². The fourth-order valence-corrected chi connectivity index (χ4v) is 1.29. The van der Waals surface area contributed by atoms with Gasteiger partial charge in [-0.1, -0.05) is 6.92 Å². The first-order valence-electron chi connectivity index (χ1n) is 5.75. The van der Waals surface area contributed by atoms with Crippen LogP contribution in [0.25, 0.3) is 0 Å². The van der Waals surface area contributed by atoms with E-state index in [1.54, 1.807) is 19.4 Å². The number of pyridine rings is 1. The number of anilines is 1. The molecule has 0 saturated heterocycles. The van der Waals surface area contributed by atoms with Crippen LogP contribution in [0.3, 0.4) is 0 Å². The molecule has 0 atom stereocenters. The van der Waals surface area contributed by atoms with Crippen molar-refractivity contribution in [1.82, 2.24) is 10.3 Å². The van der Waals surface area contributed by atoms with Crippen molar-refractivity contribution in [3.05, 3.63) is 24.0 Å². The van der Waals surface area contributed by atoms with Gasteiger partial charge in [0.2, 0.25) is 0 Å². The lowest BCUT2D eigenvalue weighted by atomic mass is 10.3. The molecule has 0 aliphatic carbocycles. The highest BCUT2D eigenvalue weighted by atomic mass is 16.5. The van der Waals surface area contributed by atoms with Crippen LogP contribution >= 0.6 is 0 Å². The first-order valence-corrected chi connectivity index (χ1v) is 5.75. The van der Waals surface area contributed by atoms with E-state index in [1.165, 1.54) is 0 Å². The predicted molar refractivity (Wildman–Crippen MR) is 67.2 cm³/mol. The summed E-state index contributed by atoms with van der Waals surface area (Å²) in [4.78, 5) is 15.7. The van der Waals surface area contributed by atoms with Crippen LogP contribution in [0.1, 0.15) is 23.8 Å². The van der Waals surface area contributed by atoms with Crippen molar-refractivity contribution in [3.63, 3.8) is 0 Å². The number of rotatable bonds is 7. The van der Waals surface area contributed by atoms with Crippen LogP contribution in [-0.2, 0) is 4.74 Å². The lowest BCUT2D eigenvalue weighted by Gasteiger charge is -2.07. The third-order valence-corrected chi connectivity index (χ3v) is 2.16. The molecular weight excluding hydrogens is 218 g/mol. The summed E-state index contributed by atoms with van der Waals surface area (Å²) in [6, 6.07) is 3.60. The second-order valence-corrected chi connectivity index (χ2v) is 3.61. The first-order chi connectivity index (χ1) is 8.27. The average Bonchev–Trinajstić information content (AvgIpc) is 2.37. The Hall–Kier alpha value is -1.62. The Bertz CT molecular complexity index is 355. The number of carbonyl (C=O) groups excluding carboxylic acids is 1. The molecule has 1 aromatic rings. The number of hydrogen-bond acceptors (Lipinski definition) is 4. The maximum Gasteiger partial charge on any atom is 0.270 e. The van der Waals surface area contributed by atoms with Crippen molar-refractivity contribution in [2.24, 2.45) is 0 Å². The number of methoxy groups -OCH3 is 1. The van der Waals surface area contributed by atoms with Gasteiger partial charge in [0.25, 0.3) is 5.91 Å². The van der Waals surface area contributed by atoms with Crippen molar-refractivity contribution < 1.29 is 9.53 Å². The standard InChI is InChI=1S/C12H19N3O2/c1-3-5-13-10-4-6-14-11(9-10)12(16)15-7-8-17-2/h4,6,9H,3,5,7-8H2,1-2H3,(H,13,14)(H,15,16). The summed E-state index contributed by atoms with van der Waals surface area (Å²) in [6.07, 6.45) is 2.67. The maximum atomic E-state index is 11.7. The number of ether oxygens (including phenoxy) is 1. The van der Waals surface area contributed by atoms with Crippen LogP contribution in [0.4, 0.5) is 5.69 Å². The van der Waals surface area contributed by atoms with Crippen molar-refractivity contribution in [1.29, 1.82) is 0 Å². The van der Waals surface area contributed by atoms with Gasteiger partial charge in [-0.2, -0.15) is 0 Å². The Morgan fingerprint density at radius 3 is 3.00 bits per heavy atom. The smallest absolute Gasteiger partial charge is 0.270 e. The molecule has 0 fully saturated rings. The van der Waals surface area contributed by atoms with Gasteiger partial charge in [-0.25, -0.2) is 0 Å². The van der Waals surface area contributed by atoms with Gasteiger partial charge < -0.3 is 15.4 Å². The van der Waals surface area contributed by atoms with Crippen molar-refractivity contribution in [2.45, 2.75) is 13.3 Å². The molecule has 0 aliphatic heterocycles. The predicted octanol–water partition coefficient (Wildman–Crippen LogP) is 1.28. The molecule has 2 N–H and O–H groups in total. The molecule has 5 nitrogen and oxygen atoms in total. The first kappa shape index (κ1) is 13.4. The normalized spacial score (nSPS) is 10.0. The monoisotopic (exact) mass is 237 g/mol. The van der Waals surface area contributed by atoms with E-state index < -0.39 is 0 Å². The Balaban J connectivity index is 2.54. The lowest BCUT2D eigenvalue weighted by Crippen LogP contribution is -2.27. The SMILES string of the molecule is CCCNc1ccnc(C(=O)NCCOC)c1. The summed E-state index contributed by atoms with van der Waals surface area (Å²) in [5, 5.41) is 5.94. The quantitative estimate of drug-likeness (QED) is 0.701. The molecule has 0 bridgehead atoms. The molecule has 17 heavy (non-hydrogen) atoms. The number of aromatic nitrogens is 1. The molecule has 0 spiro atoms. The van der Waals surface area contributed by atoms with Crippen LogP contribution in [-0.4, -0.2) is 37.7 Å². The Kier molecular flexibility index (Phi) is 6.03. The van der Waals surface area contributed by atoms with Crippen molar-refractivity contribution in [3.8, 4) is 0 Å². The molecule has 0 saturated carbocycles. The molecule has 94 valence electrons. The second kappa shape index (κ2) is 7.62. The zero-order chi connectivity index (χ0) is 12.5. The highest BCUT2D eigenvalue weighted by Gasteiger charge is 2.06. The number of nitrogens with zero attached hydrogens (tertiary/aromatic N) is 1. The Labute approximate surface area is 102 Å². The number of hydrogen-bond donors (Lipinski definition) is 2. The van der Waals surface area contributed by atoms with E-state index >= 15 is 0 Å². The van der Waals surface area contributed by atoms with E-state index in [0.717, 1.165) is 18.7 Å². The van der Waals surface area contributed by atoms with Gasteiger partial charge in [0, 0.05) is 32.1 Å². The molecule has 1 aromatic heterocycles. The summed E-state index contributed by atoms with van der Waals surface area (Å²) in [5.41, 5.74) is 1.33.